The maximum Gasteiger partial charge on any atom is 0.289 e. The first-order valence-corrected chi connectivity index (χ1v) is 8.32. The smallest absolute Gasteiger partial charge is 0.276 e. The quantitative estimate of drug-likeness (QED) is 0.565. The summed E-state index contributed by atoms with van der Waals surface area (Å²) < 4.78 is 28.6. The van der Waals surface area contributed by atoms with E-state index in [0.717, 1.165) is 11.8 Å². The Kier molecular flexibility index (Phi) is 4.00. The van der Waals surface area contributed by atoms with Crippen molar-refractivity contribution in [1.29, 1.82) is 0 Å². The molecule has 0 fully saturated rings. The van der Waals surface area contributed by atoms with Crippen LogP contribution in [-0.2, 0) is 10.0 Å². The number of nitro benzene ring substituents is 1. The summed E-state index contributed by atoms with van der Waals surface area (Å²) in [4.78, 5) is 9.87. The van der Waals surface area contributed by atoms with Crippen molar-refractivity contribution in [2.75, 3.05) is 4.72 Å². The van der Waals surface area contributed by atoms with Gasteiger partial charge in [-0.3, -0.25) is 14.8 Å². The van der Waals surface area contributed by atoms with Crippen LogP contribution in [0, 0.1) is 10.1 Å². The van der Waals surface area contributed by atoms with E-state index in [0.29, 0.717) is 0 Å². The molecule has 3 rings (SSSR count). The average molecular weight is 344 g/mol. The maximum atomic E-state index is 12.4. The zero-order valence-electron chi connectivity index (χ0n) is 12.2. The second kappa shape index (κ2) is 6.13. The van der Waals surface area contributed by atoms with Crippen LogP contribution >= 0.6 is 0 Å². The number of hydrogen-bond donors (Lipinski definition) is 1. The molecule has 0 saturated heterocycles. The Hall–Kier alpha value is -3.20. The Morgan fingerprint density at radius 2 is 1.71 bits per heavy atom. The van der Waals surface area contributed by atoms with Crippen molar-refractivity contribution in [3.63, 3.8) is 0 Å². The standard InChI is InChI=1S/C15H12N4O4S/c20-19(21)14-8-4-5-9-15(14)24(22,23)17-12-10-16-18(11-12)13-6-2-1-3-7-13/h1-11,17H. The van der Waals surface area contributed by atoms with Gasteiger partial charge in [-0.05, 0) is 18.2 Å². The lowest BCUT2D eigenvalue weighted by molar-refractivity contribution is -0.387. The van der Waals surface area contributed by atoms with Gasteiger partial charge in [0.05, 0.1) is 28.7 Å². The Morgan fingerprint density at radius 3 is 2.42 bits per heavy atom. The van der Waals surface area contributed by atoms with E-state index >= 15 is 0 Å². The summed E-state index contributed by atoms with van der Waals surface area (Å²) in [6.45, 7) is 0. The van der Waals surface area contributed by atoms with E-state index in [4.69, 9.17) is 0 Å². The number of benzene rings is 2. The lowest BCUT2D eigenvalue weighted by Crippen LogP contribution is -2.14. The van der Waals surface area contributed by atoms with Gasteiger partial charge in [0.2, 0.25) is 0 Å². The minimum absolute atomic E-state index is 0.206. The third kappa shape index (κ3) is 3.10. The average Bonchev–Trinajstić information content (AvgIpc) is 3.03. The number of anilines is 1. The number of aromatic nitrogens is 2. The molecule has 3 aromatic rings. The van der Waals surface area contributed by atoms with Gasteiger partial charge >= 0.3 is 0 Å². The van der Waals surface area contributed by atoms with Crippen molar-refractivity contribution in [2.45, 2.75) is 4.90 Å². The van der Waals surface area contributed by atoms with Crippen molar-refractivity contribution in [3.05, 3.63) is 77.1 Å². The van der Waals surface area contributed by atoms with Crippen molar-refractivity contribution in [2.24, 2.45) is 0 Å². The molecule has 0 aliphatic heterocycles. The van der Waals surface area contributed by atoms with Gasteiger partial charge < -0.3 is 0 Å². The molecule has 9 heteroatoms. The van der Waals surface area contributed by atoms with Crippen LogP contribution in [0.2, 0.25) is 0 Å². The van der Waals surface area contributed by atoms with Gasteiger partial charge in [0.15, 0.2) is 4.90 Å². The molecule has 0 spiro atoms. The first-order valence-electron chi connectivity index (χ1n) is 6.84. The Labute approximate surface area is 137 Å². The minimum atomic E-state index is -4.10. The first-order chi connectivity index (χ1) is 11.5. The van der Waals surface area contributed by atoms with Crippen molar-refractivity contribution in [3.8, 4) is 5.69 Å². The number of para-hydroxylation sites is 2. The topological polar surface area (TPSA) is 107 Å². The number of nitrogens with zero attached hydrogens (tertiary/aromatic N) is 3. The third-order valence-corrected chi connectivity index (χ3v) is 4.64. The molecule has 0 unspecified atom stereocenters. The van der Waals surface area contributed by atoms with Crippen LogP contribution in [0.4, 0.5) is 11.4 Å². The van der Waals surface area contributed by atoms with Gasteiger partial charge in [0.1, 0.15) is 0 Å². The van der Waals surface area contributed by atoms with Crippen LogP contribution in [0.5, 0.6) is 0 Å². The number of sulfonamides is 1. The van der Waals surface area contributed by atoms with Crippen LogP contribution in [0.1, 0.15) is 0 Å². The van der Waals surface area contributed by atoms with Crippen LogP contribution < -0.4 is 4.72 Å². The molecule has 24 heavy (non-hydrogen) atoms. The number of nitrogens with one attached hydrogen (secondary N) is 1. The Balaban J connectivity index is 1.91. The van der Waals surface area contributed by atoms with Crippen molar-refractivity contribution >= 4 is 21.4 Å². The van der Waals surface area contributed by atoms with E-state index < -0.39 is 25.5 Å². The predicted molar refractivity (Wildman–Crippen MR) is 87.5 cm³/mol. The van der Waals surface area contributed by atoms with E-state index in [1.807, 2.05) is 30.3 Å². The molecule has 1 aromatic heterocycles. The molecule has 0 amide bonds. The third-order valence-electron chi connectivity index (χ3n) is 3.21. The minimum Gasteiger partial charge on any atom is -0.276 e. The van der Waals surface area contributed by atoms with E-state index in [-0.39, 0.29) is 5.69 Å². The van der Waals surface area contributed by atoms with E-state index in [2.05, 4.69) is 9.82 Å². The van der Waals surface area contributed by atoms with Gasteiger partial charge in [-0.1, -0.05) is 30.3 Å². The van der Waals surface area contributed by atoms with E-state index in [9.17, 15) is 18.5 Å². The molecular weight excluding hydrogens is 332 g/mol. The fourth-order valence-corrected chi connectivity index (χ4v) is 3.34. The molecule has 8 nitrogen and oxygen atoms in total. The molecule has 2 aromatic carbocycles. The van der Waals surface area contributed by atoms with Crippen LogP contribution in [0.25, 0.3) is 5.69 Å². The molecule has 122 valence electrons. The lowest BCUT2D eigenvalue weighted by atomic mass is 10.3. The summed E-state index contributed by atoms with van der Waals surface area (Å²) in [6.07, 6.45) is 2.82. The summed E-state index contributed by atoms with van der Waals surface area (Å²) in [5, 5.41) is 15.1. The summed E-state index contributed by atoms with van der Waals surface area (Å²) in [6, 6.07) is 14.3. The van der Waals surface area contributed by atoms with Crippen molar-refractivity contribution < 1.29 is 13.3 Å². The molecule has 0 aliphatic rings. The van der Waals surface area contributed by atoms with Gasteiger partial charge in [-0.15, -0.1) is 0 Å². The first kappa shape index (κ1) is 15.7. The normalized spacial score (nSPS) is 11.2. The van der Waals surface area contributed by atoms with E-state index in [1.165, 1.54) is 35.3 Å². The summed E-state index contributed by atoms with van der Waals surface area (Å²) in [7, 11) is -4.10. The highest BCUT2D eigenvalue weighted by molar-refractivity contribution is 7.92. The van der Waals surface area contributed by atoms with E-state index in [1.54, 1.807) is 0 Å². The molecule has 0 aliphatic carbocycles. The van der Waals surface area contributed by atoms with Crippen LogP contribution in [0.15, 0.2) is 71.9 Å². The zero-order valence-corrected chi connectivity index (χ0v) is 13.1. The van der Waals surface area contributed by atoms with Crippen LogP contribution in [0.3, 0.4) is 0 Å². The second-order valence-electron chi connectivity index (χ2n) is 4.84. The molecule has 0 radical (unpaired) electrons. The fraction of sp³-hybridized carbons (Fsp3) is 0. The SMILES string of the molecule is O=[N+]([O-])c1ccccc1S(=O)(=O)Nc1cnn(-c2ccccc2)c1. The highest BCUT2D eigenvalue weighted by Crippen LogP contribution is 2.25. The molecule has 1 N–H and O–H groups in total. The highest BCUT2D eigenvalue weighted by Gasteiger charge is 2.25. The fourth-order valence-electron chi connectivity index (χ4n) is 2.14. The Bertz CT molecular complexity index is 983. The van der Waals surface area contributed by atoms with Gasteiger partial charge in [-0.2, -0.15) is 5.10 Å². The Morgan fingerprint density at radius 1 is 1.04 bits per heavy atom. The van der Waals surface area contributed by atoms with Gasteiger partial charge in [0.25, 0.3) is 15.7 Å². The predicted octanol–water partition coefficient (Wildman–Crippen LogP) is 2.58. The number of hydrogen-bond acceptors (Lipinski definition) is 5. The molecule has 0 atom stereocenters. The van der Waals surface area contributed by atoms with Gasteiger partial charge in [0, 0.05) is 6.07 Å². The summed E-state index contributed by atoms with van der Waals surface area (Å²) >= 11 is 0. The second-order valence-corrected chi connectivity index (χ2v) is 6.49. The molecule has 0 saturated carbocycles. The van der Waals surface area contributed by atoms with Gasteiger partial charge in [-0.25, -0.2) is 13.1 Å². The highest BCUT2D eigenvalue weighted by atomic mass is 32.2. The summed E-state index contributed by atoms with van der Waals surface area (Å²) in [5.41, 5.74) is 0.478. The largest absolute Gasteiger partial charge is 0.289 e. The zero-order chi connectivity index (χ0) is 17.2. The maximum absolute atomic E-state index is 12.4. The summed E-state index contributed by atoms with van der Waals surface area (Å²) in [5.74, 6) is 0. The lowest BCUT2D eigenvalue weighted by Gasteiger charge is -2.06. The number of nitro groups is 1. The molecule has 0 bridgehead atoms. The van der Waals surface area contributed by atoms with Crippen molar-refractivity contribution in [1.82, 2.24) is 9.78 Å². The molecular formula is C15H12N4O4S. The van der Waals surface area contributed by atoms with Crippen LogP contribution in [-0.4, -0.2) is 23.1 Å². The molecule has 1 heterocycles. The monoisotopic (exact) mass is 344 g/mol. The number of rotatable bonds is 5.